The molecule has 4 nitrogen and oxygen atoms in total. The number of hydrogen-bond acceptors (Lipinski definition) is 2. The lowest BCUT2D eigenvalue weighted by Crippen LogP contribution is -2.61. The predicted octanol–water partition coefficient (Wildman–Crippen LogP) is 2.11. The summed E-state index contributed by atoms with van der Waals surface area (Å²) in [6.45, 7) is 2.89. The Bertz CT molecular complexity index is 583. The first kappa shape index (κ1) is 14.4. The molecule has 112 valence electrons. The molecule has 1 unspecified atom stereocenters. The van der Waals surface area contributed by atoms with E-state index in [4.69, 9.17) is 11.6 Å². The van der Waals surface area contributed by atoms with Gasteiger partial charge in [0.2, 0.25) is 11.8 Å². The molecule has 0 bridgehead atoms. The molecule has 1 saturated carbocycles. The van der Waals surface area contributed by atoms with Crippen LogP contribution in [0.4, 0.5) is 0 Å². The number of rotatable bonds is 2. The van der Waals surface area contributed by atoms with Gasteiger partial charge in [-0.25, -0.2) is 0 Å². The molecule has 2 amide bonds. The van der Waals surface area contributed by atoms with Gasteiger partial charge < -0.3 is 10.2 Å². The van der Waals surface area contributed by atoms with Crippen molar-refractivity contribution in [3.05, 3.63) is 34.9 Å². The van der Waals surface area contributed by atoms with Crippen LogP contribution >= 0.6 is 11.6 Å². The van der Waals surface area contributed by atoms with E-state index in [9.17, 15) is 9.59 Å². The van der Waals surface area contributed by atoms with Crippen molar-refractivity contribution >= 4 is 23.4 Å². The van der Waals surface area contributed by atoms with Crippen molar-refractivity contribution in [1.82, 2.24) is 10.2 Å². The highest BCUT2D eigenvalue weighted by molar-refractivity contribution is 6.30. The normalized spacial score (nSPS) is 24.2. The van der Waals surface area contributed by atoms with Gasteiger partial charge in [0.05, 0.1) is 5.41 Å². The summed E-state index contributed by atoms with van der Waals surface area (Å²) in [5, 5.41) is 3.45. The molecule has 21 heavy (non-hydrogen) atoms. The number of benzene rings is 1. The fraction of sp³-hybridized carbons (Fsp3) is 0.500. The van der Waals surface area contributed by atoms with Gasteiger partial charge in [0.1, 0.15) is 6.04 Å². The Morgan fingerprint density at radius 3 is 2.81 bits per heavy atom. The summed E-state index contributed by atoms with van der Waals surface area (Å²) >= 11 is 6.09. The first-order valence-corrected chi connectivity index (χ1v) is 7.77. The Kier molecular flexibility index (Phi) is 3.66. The molecule has 0 spiro atoms. The Balaban J connectivity index is 1.92. The van der Waals surface area contributed by atoms with E-state index < -0.39 is 11.5 Å². The van der Waals surface area contributed by atoms with E-state index in [1.807, 2.05) is 24.3 Å². The topological polar surface area (TPSA) is 49.4 Å². The zero-order valence-electron chi connectivity index (χ0n) is 12.1. The van der Waals surface area contributed by atoms with Gasteiger partial charge in [0.25, 0.3) is 0 Å². The average molecular weight is 307 g/mol. The Morgan fingerprint density at radius 2 is 2.19 bits per heavy atom. The molecule has 3 rings (SSSR count). The summed E-state index contributed by atoms with van der Waals surface area (Å²) in [5.74, 6) is -0.00599. The number of nitrogens with zero attached hydrogens (tertiary/aromatic N) is 1. The first-order chi connectivity index (χ1) is 10.0. The van der Waals surface area contributed by atoms with Gasteiger partial charge in [-0.2, -0.15) is 0 Å². The third-order valence-corrected chi connectivity index (χ3v) is 4.99. The quantitative estimate of drug-likeness (QED) is 0.910. The number of nitrogens with one attached hydrogen (secondary N) is 1. The summed E-state index contributed by atoms with van der Waals surface area (Å²) < 4.78 is 0. The molecule has 1 atom stereocenters. The van der Waals surface area contributed by atoms with Gasteiger partial charge in [-0.15, -0.1) is 0 Å². The van der Waals surface area contributed by atoms with Crippen LogP contribution in [0.25, 0.3) is 0 Å². The second-order valence-electron chi connectivity index (χ2n) is 5.91. The van der Waals surface area contributed by atoms with E-state index in [0.29, 0.717) is 18.1 Å². The number of carbonyl (C=O) groups is 2. The van der Waals surface area contributed by atoms with Crippen molar-refractivity contribution in [3.8, 4) is 0 Å². The molecule has 0 aromatic heterocycles. The maximum Gasteiger partial charge on any atom is 0.242 e. The van der Waals surface area contributed by atoms with Gasteiger partial charge in [-0.3, -0.25) is 9.59 Å². The molecule has 1 N–H and O–H groups in total. The largest absolute Gasteiger partial charge is 0.353 e. The maximum absolute atomic E-state index is 13.1. The van der Waals surface area contributed by atoms with Crippen LogP contribution in [-0.4, -0.2) is 35.8 Å². The highest BCUT2D eigenvalue weighted by Crippen LogP contribution is 2.46. The van der Waals surface area contributed by atoms with Crippen molar-refractivity contribution in [2.75, 3.05) is 13.1 Å². The van der Waals surface area contributed by atoms with Gasteiger partial charge >= 0.3 is 0 Å². The monoisotopic (exact) mass is 306 g/mol. The van der Waals surface area contributed by atoms with Crippen molar-refractivity contribution in [2.24, 2.45) is 0 Å². The van der Waals surface area contributed by atoms with Gasteiger partial charge in [-0.05, 0) is 37.5 Å². The summed E-state index contributed by atoms with van der Waals surface area (Å²) in [6, 6.07) is 7.16. The van der Waals surface area contributed by atoms with E-state index >= 15 is 0 Å². The van der Waals surface area contributed by atoms with Gasteiger partial charge in [-0.1, -0.05) is 30.2 Å². The lowest BCUT2D eigenvalue weighted by atomic mass is 9.63. The average Bonchev–Trinajstić information content (AvgIpc) is 2.40. The van der Waals surface area contributed by atoms with E-state index in [1.165, 1.54) is 0 Å². The lowest BCUT2D eigenvalue weighted by molar-refractivity contribution is -0.149. The molecule has 2 fully saturated rings. The fourth-order valence-electron chi connectivity index (χ4n) is 3.28. The summed E-state index contributed by atoms with van der Waals surface area (Å²) in [4.78, 5) is 26.6. The van der Waals surface area contributed by atoms with Gasteiger partial charge in [0, 0.05) is 18.1 Å². The summed E-state index contributed by atoms with van der Waals surface area (Å²) in [7, 11) is 0. The molecule has 1 heterocycles. The van der Waals surface area contributed by atoms with Crippen LogP contribution in [0, 0.1) is 0 Å². The molecule has 1 aliphatic carbocycles. The Hall–Kier alpha value is -1.55. The van der Waals surface area contributed by atoms with Crippen LogP contribution in [0.2, 0.25) is 5.02 Å². The summed E-state index contributed by atoms with van der Waals surface area (Å²) in [6.07, 6.45) is 2.70. The maximum atomic E-state index is 13.1. The van der Waals surface area contributed by atoms with Crippen molar-refractivity contribution in [3.63, 3.8) is 0 Å². The summed E-state index contributed by atoms with van der Waals surface area (Å²) in [5.41, 5.74) is 0.487. The molecular formula is C16H19ClN2O2. The highest BCUT2D eigenvalue weighted by atomic mass is 35.5. The van der Waals surface area contributed by atoms with Crippen LogP contribution in [-0.2, 0) is 15.0 Å². The molecule has 1 aromatic carbocycles. The minimum atomic E-state index is -0.489. The first-order valence-electron chi connectivity index (χ1n) is 7.39. The highest BCUT2D eigenvalue weighted by Gasteiger charge is 2.49. The molecular weight excluding hydrogens is 288 g/mol. The molecule has 1 aromatic rings. The number of amides is 2. The van der Waals surface area contributed by atoms with Crippen molar-refractivity contribution in [2.45, 2.75) is 37.6 Å². The Labute approximate surface area is 129 Å². The van der Waals surface area contributed by atoms with Gasteiger partial charge in [0.15, 0.2) is 0 Å². The number of piperazine rings is 1. The van der Waals surface area contributed by atoms with E-state index in [2.05, 4.69) is 5.32 Å². The third-order valence-electron chi connectivity index (χ3n) is 4.75. The van der Waals surface area contributed by atoms with Crippen LogP contribution in [0.15, 0.2) is 24.3 Å². The minimum absolute atomic E-state index is 0.0679. The molecule has 1 aliphatic heterocycles. The van der Waals surface area contributed by atoms with Crippen LogP contribution in [0.5, 0.6) is 0 Å². The Morgan fingerprint density at radius 1 is 1.43 bits per heavy atom. The minimum Gasteiger partial charge on any atom is -0.353 e. The van der Waals surface area contributed by atoms with Crippen LogP contribution < -0.4 is 5.32 Å². The van der Waals surface area contributed by atoms with E-state index in [1.54, 1.807) is 11.8 Å². The molecule has 1 saturated heterocycles. The second-order valence-corrected chi connectivity index (χ2v) is 6.35. The van der Waals surface area contributed by atoms with Crippen molar-refractivity contribution < 1.29 is 9.59 Å². The smallest absolute Gasteiger partial charge is 0.242 e. The standard InChI is InChI=1S/C16H19ClN2O2/c1-11-14(20)18-8-9-19(11)15(21)16(6-3-7-16)12-4-2-5-13(17)10-12/h2,4-5,10-11H,3,6-9H2,1H3,(H,18,20). The number of halogens is 1. The third kappa shape index (κ3) is 2.31. The zero-order chi connectivity index (χ0) is 15.0. The zero-order valence-corrected chi connectivity index (χ0v) is 12.8. The lowest BCUT2D eigenvalue weighted by Gasteiger charge is -2.46. The van der Waals surface area contributed by atoms with Crippen molar-refractivity contribution in [1.29, 1.82) is 0 Å². The van der Waals surface area contributed by atoms with Crippen LogP contribution in [0.3, 0.4) is 0 Å². The number of hydrogen-bond donors (Lipinski definition) is 1. The fourth-order valence-corrected chi connectivity index (χ4v) is 3.47. The molecule has 2 aliphatic rings. The molecule has 0 radical (unpaired) electrons. The van der Waals surface area contributed by atoms with E-state index in [-0.39, 0.29) is 11.8 Å². The SMILES string of the molecule is CC1C(=O)NCCN1C(=O)C1(c2cccc(Cl)c2)CCC1. The molecule has 5 heteroatoms. The van der Waals surface area contributed by atoms with E-state index in [0.717, 1.165) is 24.8 Å². The predicted molar refractivity (Wildman–Crippen MR) is 81.2 cm³/mol. The number of carbonyl (C=O) groups excluding carboxylic acids is 2. The second kappa shape index (κ2) is 5.34. The van der Waals surface area contributed by atoms with Crippen LogP contribution in [0.1, 0.15) is 31.7 Å².